The lowest BCUT2D eigenvalue weighted by atomic mass is 10.1. The Hall–Kier alpha value is -1.95. The number of carbonyl (C=O) groups is 1. The maximum atomic E-state index is 13.7. The zero-order valence-electron chi connectivity index (χ0n) is 9.98. The first-order valence-corrected chi connectivity index (χ1v) is 6.44. The fourth-order valence-electron chi connectivity index (χ4n) is 1.66. The van der Waals surface area contributed by atoms with Gasteiger partial charge in [0.1, 0.15) is 17.3 Å². The largest absolute Gasteiger partial charge is 0.478 e. The van der Waals surface area contributed by atoms with Crippen LogP contribution in [0, 0.1) is 11.6 Å². The minimum atomic E-state index is -1.37. The molecule has 1 atom stereocenters. The van der Waals surface area contributed by atoms with Gasteiger partial charge in [0, 0.05) is 6.04 Å². The zero-order valence-corrected chi connectivity index (χ0v) is 10.8. The molecule has 6 heteroatoms. The first-order valence-electron chi connectivity index (χ1n) is 5.50. The highest BCUT2D eigenvalue weighted by atomic mass is 32.1. The lowest BCUT2D eigenvalue weighted by Gasteiger charge is -2.15. The molecule has 0 aliphatic rings. The standard InChI is InChI=1S/C13H11F2NO2S/c1-7(8-2-3-19-6-8)16-12-10(14)4-9(13(17)18)5-11(12)15/h2-7,16H,1H3,(H,17,18). The van der Waals surface area contributed by atoms with E-state index in [1.54, 1.807) is 6.92 Å². The normalized spacial score (nSPS) is 12.2. The zero-order chi connectivity index (χ0) is 14.0. The van der Waals surface area contributed by atoms with E-state index in [4.69, 9.17) is 5.11 Å². The van der Waals surface area contributed by atoms with Crippen LogP contribution >= 0.6 is 11.3 Å². The van der Waals surface area contributed by atoms with E-state index in [2.05, 4.69) is 5.32 Å². The third-order valence-corrected chi connectivity index (χ3v) is 3.39. The Balaban J connectivity index is 2.28. The number of anilines is 1. The third kappa shape index (κ3) is 2.90. The maximum absolute atomic E-state index is 13.7. The fourth-order valence-corrected chi connectivity index (χ4v) is 2.41. The van der Waals surface area contributed by atoms with Gasteiger partial charge in [0.15, 0.2) is 0 Å². The molecule has 0 saturated carbocycles. The SMILES string of the molecule is CC(Nc1c(F)cc(C(=O)O)cc1F)c1ccsc1. The van der Waals surface area contributed by atoms with Crippen molar-refractivity contribution >= 4 is 23.0 Å². The van der Waals surface area contributed by atoms with Crippen molar-refractivity contribution in [3.8, 4) is 0 Å². The van der Waals surface area contributed by atoms with E-state index in [0.29, 0.717) is 0 Å². The summed E-state index contributed by atoms with van der Waals surface area (Å²) in [5.74, 6) is -3.20. The average Bonchev–Trinajstić information content (AvgIpc) is 2.86. The molecule has 0 spiro atoms. The van der Waals surface area contributed by atoms with Gasteiger partial charge in [-0.3, -0.25) is 0 Å². The molecule has 2 aromatic rings. The summed E-state index contributed by atoms with van der Waals surface area (Å²) in [6.45, 7) is 1.77. The lowest BCUT2D eigenvalue weighted by molar-refractivity contribution is 0.0696. The van der Waals surface area contributed by atoms with Gasteiger partial charge in [0.25, 0.3) is 0 Å². The average molecular weight is 283 g/mol. The van der Waals surface area contributed by atoms with E-state index in [0.717, 1.165) is 17.7 Å². The number of aromatic carboxylic acids is 1. The number of hydrogen-bond acceptors (Lipinski definition) is 3. The lowest BCUT2D eigenvalue weighted by Crippen LogP contribution is -2.10. The number of nitrogens with one attached hydrogen (secondary N) is 1. The summed E-state index contributed by atoms with van der Waals surface area (Å²) in [6.07, 6.45) is 0. The van der Waals surface area contributed by atoms with Gasteiger partial charge in [0.2, 0.25) is 0 Å². The molecule has 0 aliphatic heterocycles. The van der Waals surface area contributed by atoms with E-state index in [1.807, 2.05) is 16.8 Å². The molecule has 2 N–H and O–H groups in total. The molecule has 100 valence electrons. The number of benzene rings is 1. The van der Waals surface area contributed by atoms with Gasteiger partial charge in [-0.25, -0.2) is 13.6 Å². The summed E-state index contributed by atoms with van der Waals surface area (Å²) in [7, 11) is 0. The summed E-state index contributed by atoms with van der Waals surface area (Å²) in [5, 5.41) is 15.2. The van der Waals surface area contributed by atoms with Crippen LogP contribution in [-0.2, 0) is 0 Å². The predicted octanol–water partition coefficient (Wildman–Crippen LogP) is 3.90. The number of rotatable bonds is 4. The van der Waals surface area contributed by atoms with Crippen LogP contribution in [-0.4, -0.2) is 11.1 Å². The quantitative estimate of drug-likeness (QED) is 0.894. The van der Waals surface area contributed by atoms with Crippen molar-refractivity contribution in [2.45, 2.75) is 13.0 Å². The van der Waals surface area contributed by atoms with Crippen LogP contribution in [0.25, 0.3) is 0 Å². The molecular formula is C13H11F2NO2S. The van der Waals surface area contributed by atoms with Gasteiger partial charge in [-0.15, -0.1) is 0 Å². The van der Waals surface area contributed by atoms with Crippen LogP contribution in [0.5, 0.6) is 0 Å². The smallest absolute Gasteiger partial charge is 0.335 e. The monoisotopic (exact) mass is 283 g/mol. The summed E-state index contributed by atoms with van der Waals surface area (Å²) in [5.41, 5.74) is 0.179. The maximum Gasteiger partial charge on any atom is 0.335 e. The Bertz CT molecular complexity index is 576. The highest BCUT2D eigenvalue weighted by Gasteiger charge is 2.17. The molecule has 0 amide bonds. The molecule has 1 unspecified atom stereocenters. The third-order valence-electron chi connectivity index (χ3n) is 2.69. The van der Waals surface area contributed by atoms with Gasteiger partial charge in [-0.2, -0.15) is 11.3 Å². The Morgan fingerprint density at radius 1 is 1.37 bits per heavy atom. The van der Waals surface area contributed by atoms with Gasteiger partial charge >= 0.3 is 5.97 Å². The van der Waals surface area contributed by atoms with Crippen molar-refractivity contribution in [3.63, 3.8) is 0 Å². The van der Waals surface area contributed by atoms with Crippen LogP contribution < -0.4 is 5.32 Å². The molecule has 19 heavy (non-hydrogen) atoms. The van der Waals surface area contributed by atoms with E-state index in [1.165, 1.54) is 11.3 Å². The number of thiophene rings is 1. The van der Waals surface area contributed by atoms with Crippen LogP contribution in [0.15, 0.2) is 29.0 Å². The van der Waals surface area contributed by atoms with E-state index in [9.17, 15) is 13.6 Å². The van der Waals surface area contributed by atoms with E-state index >= 15 is 0 Å². The summed E-state index contributed by atoms with van der Waals surface area (Å²) in [6, 6.07) is 3.18. The summed E-state index contributed by atoms with van der Waals surface area (Å²) < 4.78 is 27.4. The second kappa shape index (κ2) is 5.36. The summed E-state index contributed by atoms with van der Waals surface area (Å²) in [4.78, 5) is 10.7. The Morgan fingerprint density at radius 2 is 2.00 bits per heavy atom. The molecule has 0 bridgehead atoms. The molecule has 0 aliphatic carbocycles. The Labute approximate surface area is 112 Å². The number of hydrogen-bond donors (Lipinski definition) is 2. The number of carboxylic acid groups (broad SMARTS) is 1. The molecule has 3 nitrogen and oxygen atoms in total. The minimum absolute atomic E-state index is 0.272. The van der Waals surface area contributed by atoms with E-state index < -0.39 is 23.2 Å². The molecule has 1 aromatic carbocycles. The molecule has 0 fully saturated rings. The molecular weight excluding hydrogens is 272 g/mol. The minimum Gasteiger partial charge on any atom is -0.478 e. The number of carboxylic acids is 1. The van der Waals surface area contributed by atoms with Gasteiger partial charge in [0.05, 0.1) is 5.56 Å². The first kappa shape index (κ1) is 13.5. The molecule has 2 rings (SSSR count). The van der Waals surface area contributed by atoms with Crippen molar-refractivity contribution in [2.24, 2.45) is 0 Å². The Kier molecular flexibility index (Phi) is 3.80. The van der Waals surface area contributed by atoms with Crippen LogP contribution in [0.2, 0.25) is 0 Å². The molecule has 0 saturated heterocycles. The van der Waals surface area contributed by atoms with Crippen LogP contribution in [0.4, 0.5) is 14.5 Å². The first-order chi connectivity index (χ1) is 8.99. The second-order valence-electron chi connectivity index (χ2n) is 4.04. The Morgan fingerprint density at radius 3 is 2.47 bits per heavy atom. The molecule has 1 aromatic heterocycles. The van der Waals surface area contributed by atoms with Crippen molar-refractivity contribution in [1.82, 2.24) is 0 Å². The molecule has 0 radical (unpaired) electrons. The summed E-state index contributed by atoms with van der Waals surface area (Å²) >= 11 is 1.49. The topological polar surface area (TPSA) is 49.3 Å². The van der Waals surface area contributed by atoms with Gasteiger partial charge in [-0.1, -0.05) is 0 Å². The van der Waals surface area contributed by atoms with Crippen molar-refractivity contribution in [1.29, 1.82) is 0 Å². The number of halogens is 2. The highest BCUT2D eigenvalue weighted by Crippen LogP contribution is 2.26. The fraction of sp³-hybridized carbons (Fsp3) is 0.154. The van der Waals surface area contributed by atoms with Crippen molar-refractivity contribution in [3.05, 3.63) is 51.7 Å². The van der Waals surface area contributed by atoms with Crippen molar-refractivity contribution in [2.75, 3.05) is 5.32 Å². The predicted molar refractivity (Wildman–Crippen MR) is 69.7 cm³/mol. The van der Waals surface area contributed by atoms with E-state index in [-0.39, 0.29) is 11.7 Å². The van der Waals surface area contributed by atoms with Crippen LogP contribution in [0.1, 0.15) is 28.9 Å². The highest BCUT2D eigenvalue weighted by molar-refractivity contribution is 7.07. The second-order valence-corrected chi connectivity index (χ2v) is 4.82. The van der Waals surface area contributed by atoms with Crippen LogP contribution in [0.3, 0.4) is 0 Å². The van der Waals surface area contributed by atoms with Gasteiger partial charge < -0.3 is 10.4 Å². The van der Waals surface area contributed by atoms with Gasteiger partial charge in [-0.05, 0) is 41.4 Å². The molecule has 1 heterocycles. The van der Waals surface area contributed by atoms with Crippen molar-refractivity contribution < 1.29 is 18.7 Å².